The molecule has 1 aliphatic rings. The molecule has 13 nitrogen and oxygen atoms in total. The highest BCUT2D eigenvalue weighted by Gasteiger charge is 2.52. The van der Waals surface area contributed by atoms with Crippen molar-refractivity contribution in [3.05, 3.63) is 40.3 Å². The first-order valence-electron chi connectivity index (χ1n) is 11.7. The summed E-state index contributed by atoms with van der Waals surface area (Å²) in [6, 6.07) is 4.01. The molecule has 0 bridgehead atoms. The number of esters is 4. The number of aromatic nitrogens is 1. The topological polar surface area (TPSA) is 174 Å². The van der Waals surface area contributed by atoms with Gasteiger partial charge >= 0.3 is 23.9 Å². The van der Waals surface area contributed by atoms with Crippen molar-refractivity contribution in [3.8, 4) is 11.5 Å². The van der Waals surface area contributed by atoms with E-state index in [1.807, 2.05) is 0 Å². The number of hydrogen-bond acceptors (Lipinski definition) is 14. The van der Waals surface area contributed by atoms with Crippen molar-refractivity contribution in [1.29, 1.82) is 0 Å². The zero-order valence-corrected chi connectivity index (χ0v) is 22.3. The van der Waals surface area contributed by atoms with Gasteiger partial charge in [0.05, 0.1) is 11.1 Å². The van der Waals surface area contributed by atoms with Gasteiger partial charge in [-0.05, 0) is 12.1 Å². The Kier molecular flexibility index (Phi) is 9.95. The summed E-state index contributed by atoms with van der Waals surface area (Å²) in [7, 11) is 0. The van der Waals surface area contributed by atoms with Crippen molar-refractivity contribution in [2.24, 2.45) is 0 Å². The van der Waals surface area contributed by atoms with Gasteiger partial charge in [-0.15, -0.1) is 11.3 Å². The first-order chi connectivity index (χ1) is 18.5. The van der Waals surface area contributed by atoms with Crippen LogP contribution in [0.2, 0.25) is 0 Å². The Balaban J connectivity index is 1.86. The van der Waals surface area contributed by atoms with E-state index in [0.717, 1.165) is 20.8 Å². The van der Waals surface area contributed by atoms with E-state index in [1.54, 1.807) is 5.38 Å². The molecule has 1 aliphatic heterocycles. The average molecular weight is 566 g/mol. The summed E-state index contributed by atoms with van der Waals surface area (Å²) in [6.45, 7) is 3.86. The van der Waals surface area contributed by atoms with Gasteiger partial charge in [-0.3, -0.25) is 24.0 Å². The zero-order chi connectivity index (χ0) is 28.7. The molecule has 2 aromatic rings. The Morgan fingerprint density at radius 1 is 0.872 bits per heavy atom. The third-order valence-electron chi connectivity index (χ3n) is 5.38. The van der Waals surface area contributed by atoms with Crippen LogP contribution >= 0.6 is 11.3 Å². The molecule has 2 heterocycles. The Morgan fingerprint density at radius 2 is 1.46 bits per heavy atom. The van der Waals surface area contributed by atoms with Crippen LogP contribution in [0, 0.1) is 0 Å². The van der Waals surface area contributed by atoms with Gasteiger partial charge in [-0.2, -0.15) is 0 Å². The maximum atomic E-state index is 12.5. The molecular weight excluding hydrogens is 538 g/mol. The van der Waals surface area contributed by atoms with Crippen molar-refractivity contribution < 1.29 is 57.5 Å². The normalized spacial score (nSPS) is 22.3. The number of benzene rings is 1. The van der Waals surface area contributed by atoms with E-state index in [9.17, 15) is 29.1 Å². The van der Waals surface area contributed by atoms with Crippen molar-refractivity contribution in [3.63, 3.8) is 0 Å². The van der Waals surface area contributed by atoms with Crippen LogP contribution in [0.4, 0.5) is 0 Å². The van der Waals surface area contributed by atoms with Gasteiger partial charge in [0.2, 0.25) is 5.78 Å². The molecule has 1 fully saturated rings. The highest BCUT2D eigenvalue weighted by molar-refractivity contribution is 7.07. The molecule has 0 radical (unpaired) electrons. The summed E-state index contributed by atoms with van der Waals surface area (Å²) in [5.74, 6) is -3.57. The fraction of sp³-hybridized carbons (Fsp3) is 0.440. The summed E-state index contributed by atoms with van der Waals surface area (Å²) in [4.78, 5) is 63.6. The van der Waals surface area contributed by atoms with E-state index >= 15 is 0 Å². The van der Waals surface area contributed by atoms with E-state index in [1.165, 1.54) is 42.0 Å². The first-order valence-corrected chi connectivity index (χ1v) is 12.6. The second-order valence-corrected chi connectivity index (χ2v) is 9.15. The molecule has 3 rings (SSSR count). The Morgan fingerprint density at radius 3 is 1.97 bits per heavy atom. The number of phenols is 1. The lowest BCUT2D eigenvalue weighted by Crippen LogP contribution is -2.63. The maximum Gasteiger partial charge on any atom is 0.303 e. The molecule has 1 saturated heterocycles. The van der Waals surface area contributed by atoms with Crippen molar-refractivity contribution in [2.75, 3.05) is 13.2 Å². The molecule has 0 amide bonds. The van der Waals surface area contributed by atoms with E-state index < -0.39 is 60.2 Å². The number of ketones is 1. The number of ether oxygens (including phenoxy) is 6. The Bertz CT molecular complexity index is 1210. The highest BCUT2D eigenvalue weighted by atomic mass is 32.1. The van der Waals surface area contributed by atoms with Crippen LogP contribution in [0.25, 0.3) is 0 Å². The van der Waals surface area contributed by atoms with Crippen LogP contribution in [-0.4, -0.2) is 83.5 Å². The van der Waals surface area contributed by atoms with Crippen molar-refractivity contribution in [2.45, 2.75) is 58.2 Å². The molecule has 210 valence electrons. The lowest BCUT2D eigenvalue weighted by molar-refractivity contribution is -0.255. The van der Waals surface area contributed by atoms with Crippen molar-refractivity contribution >= 4 is 41.0 Å². The quantitative estimate of drug-likeness (QED) is 0.250. The standard InChI is InChI=1S/C25H27NO12S/c1-12(27)33-8-20-23(35-13(2)28)25(37-15(4)30)24(36-14(3)29)21(38-20)9-34-16-5-6-17(19(31)7-16)22(32)18-10-39-11-26-18/h5-7,10-11,20-21,23-25,31H,8-9H2,1-4H3/t20-,21+,23-,24-,25+/m0/s1. The van der Waals surface area contributed by atoms with E-state index in [4.69, 9.17) is 28.4 Å². The summed E-state index contributed by atoms with van der Waals surface area (Å²) in [5, 5.41) is 12.0. The predicted molar refractivity (Wildman–Crippen MR) is 131 cm³/mol. The Hall–Kier alpha value is -4.04. The molecule has 0 aliphatic carbocycles. The number of carbonyl (C=O) groups excluding carboxylic acids is 5. The molecule has 1 N–H and O–H groups in total. The molecule has 1 aromatic heterocycles. The SMILES string of the molecule is CC(=O)OC[C@@H]1O[C@H](COc2ccc(C(=O)c3cscn3)c(O)c2)[C@H](OC(C)=O)[C@H](OC(C)=O)[C@H]1OC(C)=O. The van der Waals surface area contributed by atoms with E-state index in [-0.39, 0.29) is 36.0 Å². The maximum absolute atomic E-state index is 12.5. The van der Waals surface area contributed by atoms with Gasteiger partial charge in [-0.1, -0.05) is 0 Å². The molecule has 0 saturated carbocycles. The lowest BCUT2D eigenvalue weighted by Gasteiger charge is -2.44. The van der Waals surface area contributed by atoms with E-state index in [0.29, 0.717) is 0 Å². The van der Waals surface area contributed by atoms with Crippen LogP contribution in [-0.2, 0) is 42.9 Å². The van der Waals surface area contributed by atoms with Crippen LogP contribution in [0.3, 0.4) is 0 Å². The summed E-state index contributed by atoms with van der Waals surface area (Å²) in [6.07, 6.45) is -6.13. The number of carbonyl (C=O) groups is 5. The molecule has 1 aromatic carbocycles. The van der Waals surface area contributed by atoms with Crippen LogP contribution in [0.5, 0.6) is 11.5 Å². The number of rotatable bonds is 10. The van der Waals surface area contributed by atoms with Crippen molar-refractivity contribution in [1.82, 2.24) is 4.98 Å². The third-order valence-corrected chi connectivity index (χ3v) is 5.97. The smallest absolute Gasteiger partial charge is 0.303 e. The first kappa shape index (κ1) is 29.5. The fourth-order valence-electron chi connectivity index (χ4n) is 3.89. The van der Waals surface area contributed by atoms with Gasteiger partial charge in [0, 0.05) is 39.1 Å². The fourth-order valence-corrected chi connectivity index (χ4v) is 4.42. The number of nitrogens with zero attached hydrogens (tertiary/aromatic N) is 1. The molecule has 14 heteroatoms. The zero-order valence-electron chi connectivity index (χ0n) is 21.5. The summed E-state index contributed by atoms with van der Waals surface area (Å²) >= 11 is 1.24. The number of phenolic OH excluding ortho intramolecular Hbond substituents is 1. The largest absolute Gasteiger partial charge is 0.507 e. The average Bonchev–Trinajstić information content (AvgIpc) is 3.38. The van der Waals surface area contributed by atoms with Gasteiger partial charge in [0.25, 0.3) is 0 Å². The summed E-state index contributed by atoms with van der Waals surface area (Å²) < 4.78 is 32.8. The number of thiazole rings is 1. The monoisotopic (exact) mass is 565 g/mol. The van der Waals surface area contributed by atoms with Gasteiger partial charge in [-0.25, -0.2) is 4.98 Å². The molecular formula is C25H27NO12S. The minimum atomic E-state index is -1.33. The minimum Gasteiger partial charge on any atom is -0.507 e. The molecule has 0 unspecified atom stereocenters. The molecule has 39 heavy (non-hydrogen) atoms. The minimum absolute atomic E-state index is 0.0144. The van der Waals surface area contributed by atoms with Crippen LogP contribution in [0.1, 0.15) is 43.7 Å². The molecule has 0 spiro atoms. The lowest BCUT2D eigenvalue weighted by atomic mass is 9.94. The van der Waals surface area contributed by atoms with Gasteiger partial charge in [0.15, 0.2) is 18.3 Å². The van der Waals surface area contributed by atoms with Crippen LogP contribution in [0.15, 0.2) is 29.1 Å². The second kappa shape index (κ2) is 13.2. The molecule has 5 atom stereocenters. The predicted octanol–water partition coefficient (Wildman–Crippen LogP) is 1.58. The third kappa shape index (κ3) is 7.97. The van der Waals surface area contributed by atoms with Crippen LogP contribution < -0.4 is 4.74 Å². The van der Waals surface area contributed by atoms with E-state index in [2.05, 4.69) is 4.98 Å². The number of hydrogen-bond donors (Lipinski definition) is 1. The number of aromatic hydroxyl groups is 1. The van der Waals surface area contributed by atoms with Gasteiger partial charge < -0.3 is 33.5 Å². The second-order valence-electron chi connectivity index (χ2n) is 8.43. The summed E-state index contributed by atoms with van der Waals surface area (Å²) in [5.41, 5.74) is 1.69. The van der Waals surface area contributed by atoms with Gasteiger partial charge in [0.1, 0.15) is 42.6 Å². The highest BCUT2D eigenvalue weighted by Crippen LogP contribution is 2.31. The Labute approximate surface area is 226 Å².